The van der Waals surface area contributed by atoms with Gasteiger partial charge in [-0.2, -0.15) is 0 Å². The second-order valence-electron chi connectivity index (χ2n) is 6.56. The summed E-state index contributed by atoms with van der Waals surface area (Å²) in [5, 5.41) is 0. The fraction of sp³-hybridized carbons (Fsp3) is 0.625. The summed E-state index contributed by atoms with van der Waals surface area (Å²) in [6, 6.07) is 3.73. The molecule has 0 aromatic carbocycles. The van der Waals surface area contributed by atoms with Crippen LogP contribution in [0.2, 0.25) is 0 Å². The molecule has 0 aliphatic carbocycles. The van der Waals surface area contributed by atoms with Crippen LogP contribution in [0, 0.1) is 5.92 Å². The molecular weight excluding hydrogens is 348 g/mol. The van der Waals surface area contributed by atoms with E-state index in [1.165, 1.54) is 0 Å². The predicted octanol–water partition coefficient (Wildman–Crippen LogP) is 3.87. The molecule has 1 fully saturated rings. The van der Waals surface area contributed by atoms with Crippen LogP contribution in [0.25, 0.3) is 0 Å². The molecule has 1 saturated heterocycles. The van der Waals surface area contributed by atoms with Gasteiger partial charge in [-0.3, -0.25) is 0 Å². The van der Waals surface area contributed by atoms with Crippen molar-refractivity contribution in [3.63, 3.8) is 0 Å². The molecule has 1 amide bonds. The molecule has 1 atom stereocenters. The van der Waals surface area contributed by atoms with Crippen molar-refractivity contribution < 1.29 is 14.3 Å². The molecule has 22 heavy (non-hydrogen) atoms. The van der Waals surface area contributed by atoms with Crippen LogP contribution in [0.5, 0.6) is 5.75 Å². The van der Waals surface area contributed by atoms with Crippen LogP contribution in [0.15, 0.2) is 22.9 Å². The van der Waals surface area contributed by atoms with Crippen LogP contribution >= 0.6 is 15.9 Å². The molecule has 6 heteroatoms. The number of nitrogens with zero attached hydrogens (tertiary/aromatic N) is 2. The van der Waals surface area contributed by atoms with Crippen LogP contribution in [0.1, 0.15) is 33.6 Å². The number of hydrogen-bond acceptors (Lipinski definition) is 4. The summed E-state index contributed by atoms with van der Waals surface area (Å²) in [7, 11) is 0. The van der Waals surface area contributed by atoms with Crippen LogP contribution in [-0.2, 0) is 4.74 Å². The summed E-state index contributed by atoms with van der Waals surface area (Å²) in [4.78, 5) is 18.0. The van der Waals surface area contributed by atoms with Crippen molar-refractivity contribution in [3.05, 3.63) is 22.9 Å². The summed E-state index contributed by atoms with van der Waals surface area (Å²) in [6.07, 6.45) is 3.50. The number of pyridine rings is 1. The van der Waals surface area contributed by atoms with Gasteiger partial charge in [-0.05, 0) is 61.7 Å². The Bertz CT molecular complexity index is 499. The summed E-state index contributed by atoms with van der Waals surface area (Å²) in [5.74, 6) is 1.07. The average Bonchev–Trinajstić information content (AvgIpc) is 2.45. The Morgan fingerprint density at radius 2 is 2.23 bits per heavy atom. The zero-order valence-corrected chi connectivity index (χ0v) is 14.9. The maximum Gasteiger partial charge on any atom is 0.410 e. The maximum absolute atomic E-state index is 12.1. The Balaban J connectivity index is 1.82. The number of carbonyl (C=O) groups excluding carboxylic acids is 1. The molecule has 1 aromatic rings. The Morgan fingerprint density at radius 3 is 2.86 bits per heavy atom. The second kappa shape index (κ2) is 7.31. The van der Waals surface area contributed by atoms with Crippen molar-refractivity contribution >= 4 is 22.0 Å². The van der Waals surface area contributed by atoms with Crippen LogP contribution in [0.3, 0.4) is 0 Å². The fourth-order valence-corrected chi connectivity index (χ4v) is 2.59. The number of rotatable bonds is 3. The van der Waals surface area contributed by atoms with E-state index in [1.54, 1.807) is 11.1 Å². The van der Waals surface area contributed by atoms with E-state index in [2.05, 4.69) is 20.9 Å². The van der Waals surface area contributed by atoms with Gasteiger partial charge in [-0.1, -0.05) is 0 Å². The summed E-state index contributed by atoms with van der Waals surface area (Å²) < 4.78 is 12.0. The lowest BCUT2D eigenvalue weighted by Crippen LogP contribution is -2.44. The number of halogens is 1. The molecule has 0 spiro atoms. The number of likely N-dealkylation sites (tertiary alicyclic amines) is 1. The van der Waals surface area contributed by atoms with E-state index in [9.17, 15) is 4.79 Å². The first-order valence-electron chi connectivity index (χ1n) is 7.56. The minimum Gasteiger partial charge on any atom is -0.492 e. The summed E-state index contributed by atoms with van der Waals surface area (Å²) >= 11 is 3.30. The second-order valence-corrected chi connectivity index (χ2v) is 7.37. The van der Waals surface area contributed by atoms with Crippen molar-refractivity contribution in [1.29, 1.82) is 0 Å². The third kappa shape index (κ3) is 5.48. The monoisotopic (exact) mass is 370 g/mol. The standard InChI is InChI=1S/C16H23BrN2O3/c1-16(2,3)22-15(20)19-8-4-5-12(10-19)11-21-13-6-7-14(17)18-9-13/h6-7,9,12H,4-5,8,10-11H2,1-3H3. The molecule has 1 aromatic heterocycles. The quantitative estimate of drug-likeness (QED) is 0.757. The summed E-state index contributed by atoms with van der Waals surface area (Å²) in [5.41, 5.74) is -0.455. The van der Waals surface area contributed by atoms with E-state index in [4.69, 9.17) is 9.47 Å². The highest BCUT2D eigenvalue weighted by molar-refractivity contribution is 9.10. The predicted molar refractivity (Wildman–Crippen MR) is 88.0 cm³/mol. The number of carbonyl (C=O) groups is 1. The van der Waals surface area contributed by atoms with Crippen molar-refractivity contribution in [1.82, 2.24) is 9.88 Å². The lowest BCUT2D eigenvalue weighted by Gasteiger charge is -2.34. The van der Waals surface area contributed by atoms with E-state index < -0.39 is 5.60 Å². The lowest BCUT2D eigenvalue weighted by atomic mass is 9.99. The van der Waals surface area contributed by atoms with Gasteiger partial charge in [-0.25, -0.2) is 9.78 Å². The van der Waals surface area contributed by atoms with E-state index in [1.807, 2.05) is 32.9 Å². The molecule has 2 rings (SSSR count). The number of ether oxygens (including phenoxy) is 2. The smallest absolute Gasteiger partial charge is 0.410 e. The summed E-state index contributed by atoms with van der Waals surface area (Å²) in [6.45, 7) is 7.68. The van der Waals surface area contributed by atoms with Crippen molar-refractivity contribution in [3.8, 4) is 5.75 Å². The average molecular weight is 371 g/mol. The number of piperidine rings is 1. The minimum absolute atomic E-state index is 0.234. The first-order chi connectivity index (χ1) is 10.3. The molecule has 0 N–H and O–H groups in total. The number of aromatic nitrogens is 1. The highest BCUT2D eigenvalue weighted by Crippen LogP contribution is 2.21. The molecule has 1 aliphatic heterocycles. The normalized spacial score (nSPS) is 18.9. The topological polar surface area (TPSA) is 51.7 Å². The van der Waals surface area contributed by atoms with Crippen molar-refractivity contribution in [2.45, 2.75) is 39.2 Å². The highest BCUT2D eigenvalue weighted by Gasteiger charge is 2.27. The van der Waals surface area contributed by atoms with Gasteiger partial charge in [0, 0.05) is 19.0 Å². The van der Waals surface area contributed by atoms with Crippen LogP contribution in [-0.4, -0.2) is 41.3 Å². The lowest BCUT2D eigenvalue weighted by molar-refractivity contribution is 0.0139. The fourth-order valence-electron chi connectivity index (χ4n) is 2.36. The van der Waals surface area contributed by atoms with Crippen LogP contribution < -0.4 is 4.74 Å². The first kappa shape index (κ1) is 17.1. The van der Waals surface area contributed by atoms with Gasteiger partial charge in [-0.15, -0.1) is 0 Å². The van der Waals surface area contributed by atoms with Gasteiger partial charge in [0.2, 0.25) is 0 Å². The Hall–Kier alpha value is -1.30. The zero-order chi connectivity index (χ0) is 16.2. The van der Waals surface area contributed by atoms with E-state index in [-0.39, 0.29) is 6.09 Å². The minimum atomic E-state index is -0.455. The SMILES string of the molecule is CC(C)(C)OC(=O)N1CCCC(COc2ccc(Br)nc2)C1. The van der Waals surface area contributed by atoms with Crippen LogP contribution in [0.4, 0.5) is 4.79 Å². The third-order valence-electron chi connectivity index (χ3n) is 3.36. The molecule has 0 saturated carbocycles. The highest BCUT2D eigenvalue weighted by atomic mass is 79.9. The Labute approximate surface area is 140 Å². The first-order valence-corrected chi connectivity index (χ1v) is 8.35. The molecule has 5 nitrogen and oxygen atoms in total. The molecule has 0 radical (unpaired) electrons. The zero-order valence-electron chi connectivity index (χ0n) is 13.3. The largest absolute Gasteiger partial charge is 0.492 e. The van der Waals surface area contributed by atoms with Crippen molar-refractivity contribution in [2.24, 2.45) is 5.92 Å². The Kier molecular flexibility index (Phi) is 5.67. The third-order valence-corrected chi connectivity index (χ3v) is 3.83. The van der Waals surface area contributed by atoms with Gasteiger partial charge in [0.1, 0.15) is 16.0 Å². The van der Waals surface area contributed by atoms with Crippen molar-refractivity contribution in [2.75, 3.05) is 19.7 Å². The number of amides is 1. The molecular formula is C16H23BrN2O3. The molecule has 1 unspecified atom stereocenters. The van der Waals surface area contributed by atoms with Gasteiger partial charge < -0.3 is 14.4 Å². The molecule has 1 aliphatic rings. The molecule has 2 heterocycles. The Morgan fingerprint density at radius 1 is 1.45 bits per heavy atom. The molecule has 122 valence electrons. The van der Waals surface area contributed by atoms with E-state index >= 15 is 0 Å². The van der Waals surface area contributed by atoms with E-state index in [0.29, 0.717) is 19.1 Å². The van der Waals surface area contributed by atoms with Gasteiger partial charge >= 0.3 is 6.09 Å². The molecule has 0 bridgehead atoms. The van der Waals surface area contributed by atoms with Gasteiger partial charge in [0.05, 0.1) is 12.8 Å². The van der Waals surface area contributed by atoms with Gasteiger partial charge in [0.15, 0.2) is 0 Å². The number of hydrogen-bond donors (Lipinski definition) is 0. The van der Waals surface area contributed by atoms with E-state index in [0.717, 1.165) is 29.7 Å². The van der Waals surface area contributed by atoms with Gasteiger partial charge in [0.25, 0.3) is 0 Å². The maximum atomic E-state index is 12.1.